The maximum Gasteiger partial charge on any atom is 0.193 e. The van der Waals surface area contributed by atoms with Crippen LogP contribution in [0.15, 0.2) is 4.99 Å². The van der Waals surface area contributed by atoms with E-state index in [1.165, 1.54) is 64.8 Å². The Balaban J connectivity index is 0.00000300. The van der Waals surface area contributed by atoms with Gasteiger partial charge >= 0.3 is 0 Å². The fourth-order valence-corrected chi connectivity index (χ4v) is 5.24. The summed E-state index contributed by atoms with van der Waals surface area (Å²) >= 11 is 0. The minimum Gasteiger partial charge on any atom is -0.354 e. The molecule has 3 saturated heterocycles. The maximum atomic E-state index is 4.66. The lowest BCUT2D eigenvalue weighted by atomic mass is 9.84. The number of nitrogens with one attached hydrogen (secondary N) is 1. The minimum atomic E-state index is 0. The number of halogens is 1. The van der Waals surface area contributed by atoms with Crippen molar-refractivity contribution in [1.82, 2.24) is 24.9 Å². The van der Waals surface area contributed by atoms with Gasteiger partial charge in [0.05, 0.1) is 0 Å². The van der Waals surface area contributed by atoms with E-state index in [-0.39, 0.29) is 24.0 Å². The Kier molecular flexibility index (Phi) is 10.5. The SMILES string of the molecule is CN=C(NCC1(N2CCCCC2)CCN(C)CC1)N1CCN(CC(C)C)CC1.I. The average Bonchev–Trinajstić information content (AvgIpc) is 2.71. The highest BCUT2D eigenvalue weighted by molar-refractivity contribution is 14.0. The fraction of sp³-hybridized carbons (Fsp3) is 0.955. The first kappa shape index (κ1) is 25.1. The lowest BCUT2D eigenvalue weighted by molar-refractivity contribution is 0.0167. The van der Waals surface area contributed by atoms with E-state index in [0.717, 1.165) is 44.6 Å². The summed E-state index contributed by atoms with van der Waals surface area (Å²) in [7, 11) is 4.22. The average molecular weight is 521 g/mol. The lowest BCUT2D eigenvalue weighted by Gasteiger charge is -2.50. The Labute approximate surface area is 196 Å². The van der Waals surface area contributed by atoms with Gasteiger partial charge in [0.15, 0.2) is 5.96 Å². The van der Waals surface area contributed by atoms with Crippen molar-refractivity contribution in [2.24, 2.45) is 10.9 Å². The molecule has 3 rings (SSSR count). The van der Waals surface area contributed by atoms with Crippen molar-refractivity contribution in [3.63, 3.8) is 0 Å². The monoisotopic (exact) mass is 520 g/mol. The molecular weight excluding hydrogens is 475 g/mol. The number of aliphatic imine (C=N–C) groups is 1. The Morgan fingerprint density at radius 1 is 0.931 bits per heavy atom. The molecule has 1 N–H and O–H groups in total. The zero-order valence-electron chi connectivity index (χ0n) is 19.3. The summed E-state index contributed by atoms with van der Waals surface area (Å²) in [6, 6.07) is 0. The summed E-state index contributed by atoms with van der Waals surface area (Å²) in [6.07, 6.45) is 6.68. The Bertz CT molecular complexity index is 490. The Morgan fingerprint density at radius 3 is 2.10 bits per heavy atom. The van der Waals surface area contributed by atoms with Crippen LogP contribution in [-0.2, 0) is 0 Å². The number of hydrogen-bond donors (Lipinski definition) is 1. The summed E-state index contributed by atoms with van der Waals surface area (Å²) in [5, 5.41) is 3.81. The molecule has 0 bridgehead atoms. The van der Waals surface area contributed by atoms with Gasteiger partial charge in [-0.05, 0) is 64.8 Å². The topological polar surface area (TPSA) is 37.4 Å². The number of likely N-dealkylation sites (tertiary alicyclic amines) is 2. The molecule has 0 amide bonds. The Morgan fingerprint density at radius 2 is 1.55 bits per heavy atom. The molecule has 0 saturated carbocycles. The highest BCUT2D eigenvalue weighted by Crippen LogP contribution is 2.31. The van der Waals surface area contributed by atoms with Crippen molar-refractivity contribution in [3.05, 3.63) is 0 Å². The van der Waals surface area contributed by atoms with Gasteiger partial charge in [-0.25, -0.2) is 0 Å². The maximum absolute atomic E-state index is 4.66. The molecule has 0 aromatic rings. The van der Waals surface area contributed by atoms with Crippen molar-refractivity contribution in [2.75, 3.05) is 79.5 Å². The molecule has 3 aliphatic heterocycles. The Hall–Kier alpha value is -0.120. The van der Waals surface area contributed by atoms with Crippen molar-refractivity contribution >= 4 is 29.9 Å². The van der Waals surface area contributed by atoms with E-state index in [2.05, 4.69) is 50.8 Å². The fourth-order valence-electron chi connectivity index (χ4n) is 5.24. The van der Waals surface area contributed by atoms with Crippen LogP contribution in [0, 0.1) is 5.92 Å². The number of piperazine rings is 1. The van der Waals surface area contributed by atoms with Crippen LogP contribution >= 0.6 is 24.0 Å². The van der Waals surface area contributed by atoms with Crippen LogP contribution in [-0.4, -0.2) is 111 Å². The molecule has 29 heavy (non-hydrogen) atoms. The van der Waals surface area contributed by atoms with Crippen LogP contribution in [0.4, 0.5) is 0 Å². The van der Waals surface area contributed by atoms with Gasteiger partial charge in [0, 0.05) is 51.9 Å². The molecule has 170 valence electrons. The third-order valence-electron chi connectivity index (χ3n) is 7.03. The van der Waals surface area contributed by atoms with Crippen molar-refractivity contribution in [3.8, 4) is 0 Å². The van der Waals surface area contributed by atoms with E-state index in [0.29, 0.717) is 5.54 Å². The number of piperidine rings is 2. The molecule has 0 atom stereocenters. The normalized spacial score (nSPS) is 25.1. The molecule has 0 aromatic heterocycles. The molecule has 7 heteroatoms. The van der Waals surface area contributed by atoms with Gasteiger partial charge in [0.1, 0.15) is 0 Å². The van der Waals surface area contributed by atoms with Gasteiger partial charge < -0.3 is 15.1 Å². The quantitative estimate of drug-likeness (QED) is 0.343. The number of rotatable bonds is 5. The lowest BCUT2D eigenvalue weighted by Crippen LogP contribution is -2.63. The second kappa shape index (κ2) is 12.1. The first-order chi connectivity index (χ1) is 13.5. The van der Waals surface area contributed by atoms with Crippen molar-refractivity contribution in [2.45, 2.75) is 51.5 Å². The van der Waals surface area contributed by atoms with E-state index in [1.807, 2.05) is 7.05 Å². The minimum absolute atomic E-state index is 0. The van der Waals surface area contributed by atoms with Crippen molar-refractivity contribution < 1.29 is 0 Å². The standard InChI is InChI=1S/C22H44N6.HI/c1-20(2)18-26-14-16-27(17-15-26)21(23-3)24-19-22(8-12-25(4)13-9-22)28-10-6-5-7-11-28;/h20H,5-19H2,1-4H3,(H,23,24);1H. The molecule has 0 unspecified atom stereocenters. The highest BCUT2D eigenvalue weighted by atomic mass is 127. The first-order valence-electron chi connectivity index (χ1n) is 11.6. The molecule has 3 fully saturated rings. The predicted octanol–water partition coefficient (Wildman–Crippen LogP) is 2.40. The van der Waals surface area contributed by atoms with E-state index < -0.39 is 0 Å². The summed E-state index contributed by atoms with van der Waals surface area (Å²) in [6.45, 7) is 16.3. The zero-order valence-corrected chi connectivity index (χ0v) is 21.7. The molecule has 6 nitrogen and oxygen atoms in total. The molecule has 0 spiro atoms. The van der Waals surface area contributed by atoms with Gasteiger partial charge in [-0.1, -0.05) is 20.3 Å². The van der Waals surface area contributed by atoms with Gasteiger partial charge in [-0.3, -0.25) is 14.8 Å². The van der Waals surface area contributed by atoms with Crippen LogP contribution < -0.4 is 5.32 Å². The van der Waals surface area contributed by atoms with Gasteiger partial charge in [-0.15, -0.1) is 24.0 Å². The summed E-state index contributed by atoms with van der Waals surface area (Å²) in [5.74, 6) is 1.86. The van der Waals surface area contributed by atoms with E-state index in [1.54, 1.807) is 0 Å². The molecule has 0 aliphatic carbocycles. The second-order valence-corrected chi connectivity index (χ2v) is 9.66. The van der Waals surface area contributed by atoms with E-state index >= 15 is 0 Å². The highest BCUT2D eigenvalue weighted by Gasteiger charge is 2.40. The third kappa shape index (κ3) is 6.94. The van der Waals surface area contributed by atoms with Gasteiger partial charge in [-0.2, -0.15) is 0 Å². The summed E-state index contributed by atoms with van der Waals surface area (Å²) < 4.78 is 0. The van der Waals surface area contributed by atoms with Gasteiger partial charge in [0.2, 0.25) is 0 Å². The zero-order chi connectivity index (χ0) is 20.0. The predicted molar refractivity (Wildman–Crippen MR) is 135 cm³/mol. The largest absolute Gasteiger partial charge is 0.354 e. The van der Waals surface area contributed by atoms with Crippen LogP contribution in [0.5, 0.6) is 0 Å². The molecular formula is C22H45IN6. The summed E-state index contributed by atoms with van der Waals surface area (Å²) in [4.78, 5) is 15.0. The van der Waals surface area contributed by atoms with E-state index in [4.69, 9.17) is 0 Å². The molecule has 0 aromatic carbocycles. The van der Waals surface area contributed by atoms with Crippen LogP contribution in [0.2, 0.25) is 0 Å². The molecule has 0 radical (unpaired) electrons. The van der Waals surface area contributed by atoms with Crippen LogP contribution in [0.3, 0.4) is 0 Å². The first-order valence-corrected chi connectivity index (χ1v) is 11.6. The number of nitrogens with zero attached hydrogens (tertiary/aromatic N) is 5. The van der Waals surface area contributed by atoms with Gasteiger partial charge in [0.25, 0.3) is 0 Å². The second-order valence-electron chi connectivity index (χ2n) is 9.66. The van der Waals surface area contributed by atoms with Crippen molar-refractivity contribution in [1.29, 1.82) is 0 Å². The van der Waals surface area contributed by atoms with Crippen LogP contribution in [0.1, 0.15) is 46.0 Å². The summed E-state index contributed by atoms with van der Waals surface area (Å²) in [5.41, 5.74) is 0.308. The molecule has 3 aliphatic rings. The third-order valence-corrected chi connectivity index (χ3v) is 7.03. The van der Waals surface area contributed by atoms with E-state index in [9.17, 15) is 0 Å². The van der Waals surface area contributed by atoms with Crippen LogP contribution in [0.25, 0.3) is 0 Å². The molecule has 3 heterocycles. The smallest absolute Gasteiger partial charge is 0.193 e. The number of guanidine groups is 1. The number of hydrogen-bond acceptors (Lipinski definition) is 4.